The van der Waals surface area contributed by atoms with Gasteiger partial charge in [0, 0.05) is 18.7 Å². The third kappa shape index (κ3) is 4.36. The molecule has 1 aromatic heterocycles. The molecule has 0 bridgehead atoms. The van der Waals surface area contributed by atoms with Crippen molar-refractivity contribution in [2.24, 2.45) is 5.92 Å². The summed E-state index contributed by atoms with van der Waals surface area (Å²) in [5.41, 5.74) is 1.13. The second kappa shape index (κ2) is 8.08. The van der Waals surface area contributed by atoms with Gasteiger partial charge in [-0.2, -0.15) is 0 Å². The molecule has 20 heavy (non-hydrogen) atoms. The van der Waals surface area contributed by atoms with Crippen LogP contribution in [0.3, 0.4) is 0 Å². The number of hydrogen-bond donors (Lipinski definition) is 2. The minimum Gasteiger partial charge on any atom is -0.370 e. The second-order valence-electron chi connectivity index (χ2n) is 5.84. The van der Waals surface area contributed by atoms with Crippen LogP contribution in [0.2, 0.25) is 0 Å². The Bertz CT molecular complexity index is 399. The zero-order valence-corrected chi connectivity index (χ0v) is 12.9. The molecule has 0 unspecified atom stereocenters. The normalized spacial score (nSPS) is 15.5. The molecule has 2 rings (SSSR count). The number of nitrogens with one attached hydrogen (secondary N) is 2. The molecular weight excluding hydrogens is 248 g/mol. The van der Waals surface area contributed by atoms with Crippen molar-refractivity contribution in [3.05, 3.63) is 11.9 Å². The minimum atomic E-state index is 0.957. The fraction of sp³-hybridized carbons (Fsp3) is 0.750. The molecule has 0 saturated heterocycles. The quantitative estimate of drug-likeness (QED) is 0.705. The Morgan fingerprint density at radius 3 is 2.40 bits per heavy atom. The molecule has 1 saturated carbocycles. The van der Waals surface area contributed by atoms with E-state index in [0.717, 1.165) is 42.6 Å². The summed E-state index contributed by atoms with van der Waals surface area (Å²) in [6.07, 6.45) is 11.1. The van der Waals surface area contributed by atoms with Gasteiger partial charge in [0.15, 0.2) is 0 Å². The van der Waals surface area contributed by atoms with E-state index in [0.29, 0.717) is 0 Å². The van der Waals surface area contributed by atoms with E-state index in [-0.39, 0.29) is 0 Å². The average Bonchev–Trinajstić information content (AvgIpc) is 2.97. The first-order valence-electron chi connectivity index (χ1n) is 8.10. The van der Waals surface area contributed by atoms with Gasteiger partial charge in [0.05, 0.1) is 0 Å². The van der Waals surface area contributed by atoms with Gasteiger partial charge in [-0.25, -0.2) is 9.97 Å². The lowest BCUT2D eigenvalue weighted by molar-refractivity contribution is 0.491. The predicted octanol–water partition coefficient (Wildman–Crippen LogP) is 3.99. The maximum absolute atomic E-state index is 4.35. The Kier molecular flexibility index (Phi) is 6.09. The number of anilines is 2. The first-order valence-corrected chi connectivity index (χ1v) is 8.10. The molecule has 0 amide bonds. The third-order valence-corrected chi connectivity index (χ3v) is 4.18. The molecule has 0 spiro atoms. The van der Waals surface area contributed by atoms with Gasteiger partial charge in [-0.15, -0.1) is 0 Å². The fourth-order valence-electron chi connectivity index (χ4n) is 2.95. The summed E-state index contributed by atoms with van der Waals surface area (Å²) in [5, 5.41) is 6.81. The summed E-state index contributed by atoms with van der Waals surface area (Å²) in [6.45, 7) is 6.21. The number of hydrogen-bond acceptors (Lipinski definition) is 4. The minimum absolute atomic E-state index is 0.957. The van der Waals surface area contributed by atoms with Crippen molar-refractivity contribution < 1.29 is 0 Å². The van der Waals surface area contributed by atoms with Crippen molar-refractivity contribution in [3.63, 3.8) is 0 Å². The Balaban J connectivity index is 1.76. The standard InChI is InChI=1S/C16H28N4/c1-3-10-17-15-13(2)16(20-12-19-15)18-11-6-9-14-7-4-5-8-14/h12,14H,3-11H2,1-2H3,(H2,17,18,19,20). The molecule has 0 aromatic carbocycles. The molecule has 1 aromatic rings. The molecule has 1 aliphatic rings. The van der Waals surface area contributed by atoms with Gasteiger partial charge in [0.2, 0.25) is 0 Å². The maximum Gasteiger partial charge on any atom is 0.134 e. The van der Waals surface area contributed by atoms with E-state index in [1.807, 2.05) is 0 Å². The second-order valence-corrected chi connectivity index (χ2v) is 5.84. The van der Waals surface area contributed by atoms with Crippen LogP contribution < -0.4 is 10.6 Å². The van der Waals surface area contributed by atoms with Gasteiger partial charge in [0.1, 0.15) is 18.0 Å². The highest BCUT2D eigenvalue weighted by molar-refractivity contribution is 5.56. The van der Waals surface area contributed by atoms with Crippen molar-refractivity contribution >= 4 is 11.6 Å². The zero-order valence-electron chi connectivity index (χ0n) is 12.9. The zero-order chi connectivity index (χ0) is 14.2. The Morgan fingerprint density at radius 2 is 1.75 bits per heavy atom. The van der Waals surface area contributed by atoms with Crippen LogP contribution in [0.1, 0.15) is 57.4 Å². The first-order chi connectivity index (χ1) is 9.81. The lowest BCUT2D eigenvalue weighted by atomic mass is 10.0. The van der Waals surface area contributed by atoms with E-state index < -0.39 is 0 Å². The molecule has 1 heterocycles. The molecule has 1 fully saturated rings. The molecule has 0 radical (unpaired) electrons. The monoisotopic (exact) mass is 276 g/mol. The molecule has 0 atom stereocenters. The third-order valence-electron chi connectivity index (χ3n) is 4.18. The summed E-state index contributed by atoms with van der Waals surface area (Å²) in [7, 11) is 0. The lowest BCUT2D eigenvalue weighted by Gasteiger charge is -2.13. The average molecular weight is 276 g/mol. The number of aromatic nitrogens is 2. The summed E-state index contributed by atoms with van der Waals surface area (Å²) in [6, 6.07) is 0. The van der Waals surface area contributed by atoms with Crippen LogP contribution in [0.15, 0.2) is 6.33 Å². The maximum atomic E-state index is 4.35. The highest BCUT2D eigenvalue weighted by atomic mass is 15.1. The van der Waals surface area contributed by atoms with Crippen LogP contribution in [0.25, 0.3) is 0 Å². The van der Waals surface area contributed by atoms with Gasteiger partial charge >= 0.3 is 0 Å². The van der Waals surface area contributed by atoms with E-state index in [1.54, 1.807) is 6.33 Å². The van der Waals surface area contributed by atoms with Crippen molar-refractivity contribution in [2.45, 2.75) is 58.8 Å². The van der Waals surface area contributed by atoms with Gasteiger partial charge in [-0.1, -0.05) is 32.6 Å². The van der Waals surface area contributed by atoms with Gasteiger partial charge in [0.25, 0.3) is 0 Å². The summed E-state index contributed by atoms with van der Waals surface area (Å²) < 4.78 is 0. The Morgan fingerprint density at radius 1 is 1.10 bits per heavy atom. The molecule has 2 N–H and O–H groups in total. The van der Waals surface area contributed by atoms with E-state index in [1.165, 1.54) is 38.5 Å². The molecule has 4 heteroatoms. The number of rotatable bonds is 8. The van der Waals surface area contributed by atoms with Crippen LogP contribution in [0.4, 0.5) is 11.6 Å². The van der Waals surface area contributed by atoms with Crippen LogP contribution in [-0.4, -0.2) is 23.1 Å². The van der Waals surface area contributed by atoms with Gasteiger partial charge < -0.3 is 10.6 Å². The SMILES string of the molecule is CCCNc1ncnc(NCCCC2CCCC2)c1C. The van der Waals surface area contributed by atoms with Crippen LogP contribution in [-0.2, 0) is 0 Å². The fourth-order valence-corrected chi connectivity index (χ4v) is 2.95. The summed E-state index contributed by atoms with van der Waals surface area (Å²) in [5.74, 6) is 2.91. The molecule has 4 nitrogen and oxygen atoms in total. The number of nitrogens with zero attached hydrogens (tertiary/aromatic N) is 2. The van der Waals surface area contributed by atoms with Crippen molar-refractivity contribution in [3.8, 4) is 0 Å². The summed E-state index contributed by atoms with van der Waals surface area (Å²) >= 11 is 0. The Labute approximate surface area is 122 Å². The van der Waals surface area contributed by atoms with Crippen molar-refractivity contribution in [1.29, 1.82) is 0 Å². The van der Waals surface area contributed by atoms with E-state index in [4.69, 9.17) is 0 Å². The van der Waals surface area contributed by atoms with E-state index in [2.05, 4.69) is 34.4 Å². The van der Waals surface area contributed by atoms with Crippen LogP contribution in [0.5, 0.6) is 0 Å². The van der Waals surface area contributed by atoms with Gasteiger partial charge in [-0.05, 0) is 32.1 Å². The summed E-state index contributed by atoms with van der Waals surface area (Å²) in [4.78, 5) is 8.66. The molecule has 112 valence electrons. The lowest BCUT2D eigenvalue weighted by Crippen LogP contribution is -2.10. The molecule has 1 aliphatic carbocycles. The topological polar surface area (TPSA) is 49.8 Å². The van der Waals surface area contributed by atoms with E-state index >= 15 is 0 Å². The molecule has 0 aliphatic heterocycles. The highest BCUT2D eigenvalue weighted by Gasteiger charge is 2.14. The van der Waals surface area contributed by atoms with Crippen molar-refractivity contribution in [1.82, 2.24) is 9.97 Å². The Hall–Kier alpha value is -1.32. The largest absolute Gasteiger partial charge is 0.370 e. The van der Waals surface area contributed by atoms with Crippen LogP contribution in [0, 0.1) is 12.8 Å². The predicted molar refractivity (Wildman–Crippen MR) is 85.2 cm³/mol. The van der Waals surface area contributed by atoms with E-state index in [9.17, 15) is 0 Å². The highest BCUT2D eigenvalue weighted by Crippen LogP contribution is 2.28. The van der Waals surface area contributed by atoms with Crippen LogP contribution >= 0.6 is 0 Å². The first kappa shape index (κ1) is 15.1. The van der Waals surface area contributed by atoms with Gasteiger partial charge in [-0.3, -0.25) is 0 Å². The molecular formula is C16H28N4. The van der Waals surface area contributed by atoms with Crippen molar-refractivity contribution in [2.75, 3.05) is 23.7 Å². The smallest absolute Gasteiger partial charge is 0.134 e.